The summed E-state index contributed by atoms with van der Waals surface area (Å²) in [7, 11) is -2.93. The van der Waals surface area contributed by atoms with Crippen molar-refractivity contribution in [2.75, 3.05) is 17.2 Å². The average Bonchev–Trinajstić information content (AvgIpc) is 2.74. The molecule has 0 spiro atoms. The van der Waals surface area contributed by atoms with Crippen molar-refractivity contribution >= 4 is 21.4 Å². The van der Waals surface area contributed by atoms with Crippen LogP contribution in [0.4, 0.5) is 5.69 Å². The van der Waals surface area contributed by atoms with Crippen molar-refractivity contribution in [3.63, 3.8) is 0 Å². The van der Waals surface area contributed by atoms with E-state index in [2.05, 4.69) is 15.5 Å². The van der Waals surface area contributed by atoms with Crippen molar-refractivity contribution in [3.05, 3.63) is 11.4 Å². The molecule has 1 fully saturated rings. The number of nitrogens with zero attached hydrogens (tertiary/aromatic N) is 1. The first-order valence-electron chi connectivity index (χ1n) is 6.65. The Bertz CT molecular complexity index is 592. The van der Waals surface area contributed by atoms with Gasteiger partial charge in [-0.05, 0) is 18.8 Å². The van der Waals surface area contributed by atoms with E-state index in [1.54, 1.807) is 0 Å². The molecule has 20 heavy (non-hydrogen) atoms. The first kappa shape index (κ1) is 14.8. The Hall–Kier alpha value is -1.57. The molecule has 112 valence electrons. The van der Waals surface area contributed by atoms with Crippen LogP contribution in [0, 0.1) is 0 Å². The molecule has 0 aliphatic carbocycles. The van der Waals surface area contributed by atoms with E-state index in [1.807, 2.05) is 13.8 Å². The number of rotatable bonds is 3. The molecule has 0 bridgehead atoms. The monoisotopic (exact) mass is 300 g/mol. The lowest BCUT2D eigenvalue weighted by Gasteiger charge is -2.22. The molecule has 1 saturated heterocycles. The smallest absolute Gasteiger partial charge is 0.274 e. The minimum Gasteiger partial charge on any atom is -0.395 e. The predicted octanol–water partition coefficient (Wildman–Crippen LogP) is 0.422. The molecule has 0 saturated carbocycles. The van der Waals surface area contributed by atoms with Gasteiger partial charge in [-0.25, -0.2) is 8.42 Å². The van der Waals surface area contributed by atoms with Crippen LogP contribution >= 0.6 is 0 Å². The van der Waals surface area contributed by atoms with Crippen LogP contribution in [0.3, 0.4) is 0 Å². The van der Waals surface area contributed by atoms with Crippen LogP contribution < -0.4 is 11.1 Å². The minimum absolute atomic E-state index is 0.116. The molecule has 1 aromatic rings. The Morgan fingerprint density at radius 1 is 1.40 bits per heavy atom. The summed E-state index contributed by atoms with van der Waals surface area (Å²) >= 11 is 0. The molecule has 1 amide bonds. The van der Waals surface area contributed by atoms with Gasteiger partial charge in [-0.3, -0.25) is 9.89 Å². The van der Waals surface area contributed by atoms with Crippen LogP contribution in [0.2, 0.25) is 0 Å². The molecule has 7 nitrogen and oxygen atoms in total. The second-order valence-corrected chi connectivity index (χ2v) is 7.76. The van der Waals surface area contributed by atoms with E-state index in [1.165, 1.54) is 0 Å². The zero-order valence-electron chi connectivity index (χ0n) is 11.6. The molecule has 0 radical (unpaired) electrons. The second-order valence-electron chi connectivity index (χ2n) is 5.45. The summed E-state index contributed by atoms with van der Waals surface area (Å²) in [6, 6.07) is -0.135. The van der Waals surface area contributed by atoms with E-state index in [4.69, 9.17) is 5.73 Å². The van der Waals surface area contributed by atoms with Gasteiger partial charge in [-0.2, -0.15) is 5.10 Å². The van der Waals surface area contributed by atoms with Gasteiger partial charge < -0.3 is 11.1 Å². The van der Waals surface area contributed by atoms with Crippen molar-refractivity contribution < 1.29 is 13.2 Å². The van der Waals surface area contributed by atoms with Crippen molar-refractivity contribution in [2.45, 2.75) is 38.6 Å². The highest BCUT2D eigenvalue weighted by Gasteiger charge is 2.26. The molecule has 2 rings (SSSR count). The van der Waals surface area contributed by atoms with Crippen LogP contribution in [-0.2, 0) is 9.84 Å². The van der Waals surface area contributed by atoms with Gasteiger partial charge in [0.15, 0.2) is 5.69 Å². The average molecular weight is 300 g/mol. The van der Waals surface area contributed by atoms with Crippen LogP contribution in [0.25, 0.3) is 0 Å². The Morgan fingerprint density at radius 3 is 2.50 bits per heavy atom. The summed E-state index contributed by atoms with van der Waals surface area (Å²) in [4.78, 5) is 12.1. The third-order valence-corrected chi connectivity index (χ3v) is 5.23. The maximum absolute atomic E-state index is 12.1. The third kappa shape index (κ3) is 3.12. The molecule has 0 unspecified atom stereocenters. The maximum Gasteiger partial charge on any atom is 0.274 e. The summed E-state index contributed by atoms with van der Waals surface area (Å²) in [6.07, 6.45) is 0.880. The molecular formula is C12H20N4O3S. The Kier molecular flexibility index (Phi) is 4.03. The number of nitrogens with two attached hydrogens (primary N) is 1. The topological polar surface area (TPSA) is 118 Å². The van der Waals surface area contributed by atoms with Gasteiger partial charge in [0.25, 0.3) is 5.91 Å². The quantitative estimate of drug-likeness (QED) is 0.747. The number of sulfone groups is 1. The van der Waals surface area contributed by atoms with E-state index in [0.29, 0.717) is 18.5 Å². The highest BCUT2D eigenvalue weighted by atomic mass is 32.2. The van der Waals surface area contributed by atoms with Gasteiger partial charge in [0, 0.05) is 6.04 Å². The lowest BCUT2D eigenvalue weighted by Crippen LogP contribution is -2.41. The lowest BCUT2D eigenvalue weighted by atomic mass is 10.1. The number of aromatic nitrogens is 2. The fraction of sp³-hybridized carbons (Fsp3) is 0.667. The van der Waals surface area contributed by atoms with E-state index in [9.17, 15) is 13.2 Å². The zero-order chi connectivity index (χ0) is 14.9. The summed E-state index contributed by atoms with van der Waals surface area (Å²) in [5.74, 6) is 0.0371. The SMILES string of the molecule is CC(C)c1[nH]nc(C(=O)NC2CCS(=O)(=O)CC2)c1N. The predicted molar refractivity (Wildman–Crippen MR) is 76.2 cm³/mol. The van der Waals surface area contributed by atoms with Crippen LogP contribution in [0.15, 0.2) is 0 Å². The highest BCUT2D eigenvalue weighted by Crippen LogP contribution is 2.22. The van der Waals surface area contributed by atoms with Gasteiger partial charge in [0.05, 0.1) is 22.9 Å². The molecule has 0 atom stereocenters. The van der Waals surface area contributed by atoms with Gasteiger partial charge in [0.1, 0.15) is 9.84 Å². The zero-order valence-corrected chi connectivity index (χ0v) is 12.5. The lowest BCUT2D eigenvalue weighted by molar-refractivity contribution is 0.0930. The number of nitrogen functional groups attached to an aromatic ring is 1. The summed E-state index contributed by atoms with van der Waals surface area (Å²) < 4.78 is 22.7. The Labute approximate surface area is 118 Å². The van der Waals surface area contributed by atoms with Crippen molar-refractivity contribution in [1.82, 2.24) is 15.5 Å². The molecule has 4 N–H and O–H groups in total. The number of nitrogens with one attached hydrogen (secondary N) is 2. The third-order valence-electron chi connectivity index (χ3n) is 3.52. The number of amides is 1. The molecule has 1 aliphatic heterocycles. The van der Waals surface area contributed by atoms with Gasteiger partial charge in [-0.1, -0.05) is 13.8 Å². The summed E-state index contributed by atoms with van der Waals surface area (Å²) in [5.41, 5.74) is 7.18. The van der Waals surface area contributed by atoms with Gasteiger partial charge >= 0.3 is 0 Å². The maximum atomic E-state index is 12.1. The van der Waals surface area contributed by atoms with Gasteiger partial charge in [0.2, 0.25) is 0 Å². The van der Waals surface area contributed by atoms with Crippen molar-refractivity contribution in [2.24, 2.45) is 0 Å². The first-order chi connectivity index (χ1) is 9.30. The Balaban J connectivity index is 2.03. The minimum atomic E-state index is -2.93. The number of hydrogen-bond acceptors (Lipinski definition) is 5. The largest absolute Gasteiger partial charge is 0.395 e. The van der Waals surface area contributed by atoms with Crippen molar-refractivity contribution in [1.29, 1.82) is 0 Å². The first-order valence-corrected chi connectivity index (χ1v) is 8.47. The number of anilines is 1. The van der Waals surface area contributed by atoms with E-state index < -0.39 is 9.84 Å². The van der Waals surface area contributed by atoms with E-state index in [0.717, 1.165) is 5.69 Å². The van der Waals surface area contributed by atoms with Gasteiger partial charge in [-0.15, -0.1) is 0 Å². The second kappa shape index (κ2) is 5.43. The summed E-state index contributed by atoms with van der Waals surface area (Å²) in [5, 5.41) is 9.52. The number of aromatic amines is 1. The van der Waals surface area contributed by atoms with Crippen LogP contribution in [-0.4, -0.2) is 42.1 Å². The molecule has 0 aromatic carbocycles. The Morgan fingerprint density at radius 2 is 2.00 bits per heavy atom. The highest BCUT2D eigenvalue weighted by molar-refractivity contribution is 7.91. The van der Waals surface area contributed by atoms with Crippen LogP contribution in [0.1, 0.15) is 48.8 Å². The fourth-order valence-corrected chi connectivity index (χ4v) is 3.76. The normalized spacial score (nSPS) is 19.1. The van der Waals surface area contributed by atoms with E-state index in [-0.39, 0.29) is 35.1 Å². The van der Waals surface area contributed by atoms with E-state index >= 15 is 0 Å². The molecular weight excluding hydrogens is 280 g/mol. The molecule has 2 heterocycles. The fourth-order valence-electron chi connectivity index (χ4n) is 2.27. The molecule has 1 aromatic heterocycles. The number of H-pyrrole nitrogens is 1. The van der Waals surface area contributed by atoms with Crippen molar-refractivity contribution in [3.8, 4) is 0 Å². The number of hydrogen-bond donors (Lipinski definition) is 3. The molecule has 1 aliphatic rings. The standard InChI is InChI=1S/C12H20N4O3S/c1-7(2)10-9(13)11(16-15-10)12(17)14-8-3-5-20(18,19)6-4-8/h7-8H,3-6,13H2,1-2H3,(H,14,17)(H,15,16). The number of carbonyl (C=O) groups excluding carboxylic acids is 1. The number of carbonyl (C=O) groups is 1. The molecule has 8 heteroatoms. The summed E-state index contributed by atoms with van der Waals surface area (Å²) in [6.45, 7) is 3.91. The van der Waals surface area contributed by atoms with Crippen LogP contribution in [0.5, 0.6) is 0 Å².